The van der Waals surface area contributed by atoms with Gasteiger partial charge in [-0.1, -0.05) is 33.1 Å². The summed E-state index contributed by atoms with van der Waals surface area (Å²) >= 11 is 0. The molecule has 0 spiro atoms. The molecule has 0 bridgehead atoms. The Morgan fingerprint density at radius 1 is 1.00 bits per heavy atom. The monoisotopic (exact) mass is 266 g/mol. The van der Waals surface area contributed by atoms with E-state index in [0.29, 0.717) is 0 Å². The van der Waals surface area contributed by atoms with Crippen molar-refractivity contribution in [2.24, 2.45) is 11.8 Å². The van der Waals surface area contributed by atoms with E-state index in [0.717, 1.165) is 23.9 Å². The van der Waals surface area contributed by atoms with Gasteiger partial charge < -0.3 is 5.32 Å². The molecule has 1 saturated carbocycles. The maximum absolute atomic E-state index is 3.60. The average molecular weight is 266 g/mol. The Labute approximate surface area is 120 Å². The van der Waals surface area contributed by atoms with Crippen molar-refractivity contribution in [2.75, 3.05) is 20.1 Å². The van der Waals surface area contributed by atoms with Crippen LogP contribution in [-0.4, -0.2) is 37.1 Å². The number of likely N-dealkylation sites (N-methyl/N-ethyl adjacent to an activating group) is 1. The third kappa shape index (κ3) is 3.95. The Kier molecular flexibility index (Phi) is 6.15. The molecule has 1 heterocycles. The van der Waals surface area contributed by atoms with Gasteiger partial charge in [-0.05, 0) is 57.5 Å². The van der Waals surface area contributed by atoms with E-state index in [1.165, 1.54) is 64.5 Å². The number of nitrogens with zero attached hydrogens (tertiary/aromatic N) is 1. The van der Waals surface area contributed by atoms with Gasteiger partial charge in [0.1, 0.15) is 0 Å². The standard InChI is InChI=1S/C17H34N2/c1-4-6-14-8-9-16(18-3)17(12-14)19-11-10-15(13-19)7-5-2/h14-18H,4-13H2,1-3H3. The van der Waals surface area contributed by atoms with E-state index in [1.807, 2.05) is 0 Å². The molecule has 0 aromatic carbocycles. The molecule has 4 atom stereocenters. The van der Waals surface area contributed by atoms with Crippen molar-refractivity contribution in [3.05, 3.63) is 0 Å². The van der Waals surface area contributed by atoms with Gasteiger partial charge >= 0.3 is 0 Å². The van der Waals surface area contributed by atoms with E-state index in [-0.39, 0.29) is 0 Å². The number of likely N-dealkylation sites (tertiary alicyclic amines) is 1. The van der Waals surface area contributed by atoms with Crippen LogP contribution in [0, 0.1) is 11.8 Å². The Bertz CT molecular complexity index is 254. The molecule has 4 unspecified atom stereocenters. The summed E-state index contributed by atoms with van der Waals surface area (Å²) in [5.41, 5.74) is 0. The molecule has 1 aliphatic heterocycles. The second-order valence-electron chi connectivity index (χ2n) is 6.87. The normalized spacial score (nSPS) is 36.8. The van der Waals surface area contributed by atoms with Crippen LogP contribution >= 0.6 is 0 Å². The molecule has 2 nitrogen and oxygen atoms in total. The zero-order valence-electron chi connectivity index (χ0n) is 13.3. The molecule has 0 amide bonds. The first kappa shape index (κ1) is 15.3. The fraction of sp³-hybridized carbons (Fsp3) is 1.00. The highest BCUT2D eigenvalue weighted by Gasteiger charge is 2.36. The van der Waals surface area contributed by atoms with Crippen molar-refractivity contribution < 1.29 is 0 Å². The highest BCUT2D eigenvalue weighted by atomic mass is 15.2. The molecule has 2 heteroatoms. The van der Waals surface area contributed by atoms with Crippen molar-refractivity contribution in [3.8, 4) is 0 Å². The summed E-state index contributed by atoms with van der Waals surface area (Å²) in [7, 11) is 2.16. The first-order valence-corrected chi connectivity index (χ1v) is 8.69. The summed E-state index contributed by atoms with van der Waals surface area (Å²) in [6, 6.07) is 1.56. The van der Waals surface area contributed by atoms with Gasteiger partial charge in [-0.25, -0.2) is 0 Å². The van der Waals surface area contributed by atoms with Crippen LogP contribution in [0.25, 0.3) is 0 Å². The van der Waals surface area contributed by atoms with Crippen LogP contribution in [0.4, 0.5) is 0 Å². The summed E-state index contributed by atoms with van der Waals surface area (Å²) in [6.07, 6.45) is 11.3. The van der Waals surface area contributed by atoms with Gasteiger partial charge in [0.2, 0.25) is 0 Å². The van der Waals surface area contributed by atoms with Crippen molar-refractivity contribution in [1.82, 2.24) is 10.2 Å². The summed E-state index contributed by atoms with van der Waals surface area (Å²) in [6.45, 7) is 7.39. The predicted octanol–water partition coefficient (Wildman–Crippen LogP) is 3.67. The maximum Gasteiger partial charge on any atom is 0.0251 e. The maximum atomic E-state index is 3.60. The molecule has 1 N–H and O–H groups in total. The third-order valence-corrected chi connectivity index (χ3v) is 5.48. The second-order valence-corrected chi connectivity index (χ2v) is 6.87. The lowest BCUT2D eigenvalue weighted by Gasteiger charge is -2.41. The molecule has 2 rings (SSSR count). The van der Waals surface area contributed by atoms with Gasteiger partial charge in [-0.2, -0.15) is 0 Å². The summed E-state index contributed by atoms with van der Waals surface area (Å²) in [5.74, 6) is 1.97. The molecular formula is C17H34N2. The molecule has 2 fully saturated rings. The fourth-order valence-electron chi connectivity index (χ4n) is 4.45. The SMILES string of the molecule is CCCC1CCC(NC)C(N2CCC(CCC)C2)C1. The van der Waals surface area contributed by atoms with E-state index in [2.05, 4.69) is 31.1 Å². The first-order valence-electron chi connectivity index (χ1n) is 8.69. The highest BCUT2D eigenvalue weighted by molar-refractivity contribution is 4.93. The molecule has 19 heavy (non-hydrogen) atoms. The molecule has 2 aliphatic rings. The zero-order valence-corrected chi connectivity index (χ0v) is 13.3. The first-order chi connectivity index (χ1) is 9.28. The smallest absolute Gasteiger partial charge is 0.0251 e. The van der Waals surface area contributed by atoms with E-state index >= 15 is 0 Å². The van der Waals surface area contributed by atoms with Crippen LogP contribution in [-0.2, 0) is 0 Å². The third-order valence-electron chi connectivity index (χ3n) is 5.48. The van der Waals surface area contributed by atoms with Gasteiger partial charge in [0.25, 0.3) is 0 Å². The van der Waals surface area contributed by atoms with E-state index in [4.69, 9.17) is 0 Å². The molecule has 1 saturated heterocycles. The minimum absolute atomic E-state index is 0.744. The van der Waals surface area contributed by atoms with Crippen molar-refractivity contribution >= 4 is 0 Å². The molecule has 0 aromatic rings. The van der Waals surface area contributed by atoms with E-state index in [1.54, 1.807) is 0 Å². The lowest BCUT2D eigenvalue weighted by atomic mass is 9.79. The molecular weight excluding hydrogens is 232 g/mol. The summed E-state index contributed by atoms with van der Waals surface area (Å²) in [5, 5.41) is 3.60. The van der Waals surface area contributed by atoms with Crippen LogP contribution in [0.5, 0.6) is 0 Å². The minimum atomic E-state index is 0.744. The van der Waals surface area contributed by atoms with Gasteiger partial charge in [0.05, 0.1) is 0 Å². The number of rotatable bonds is 6. The highest BCUT2D eigenvalue weighted by Crippen LogP contribution is 2.34. The van der Waals surface area contributed by atoms with Crippen LogP contribution in [0.15, 0.2) is 0 Å². The van der Waals surface area contributed by atoms with Crippen molar-refractivity contribution in [1.29, 1.82) is 0 Å². The van der Waals surface area contributed by atoms with Crippen LogP contribution < -0.4 is 5.32 Å². The topological polar surface area (TPSA) is 15.3 Å². The molecule has 0 radical (unpaired) electrons. The Morgan fingerprint density at radius 3 is 2.42 bits per heavy atom. The van der Waals surface area contributed by atoms with Crippen molar-refractivity contribution in [3.63, 3.8) is 0 Å². The van der Waals surface area contributed by atoms with Gasteiger partial charge in [0.15, 0.2) is 0 Å². The van der Waals surface area contributed by atoms with Crippen molar-refractivity contribution in [2.45, 2.75) is 77.3 Å². The number of hydrogen-bond acceptors (Lipinski definition) is 2. The Balaban J connectivity index is 1.91. The summed E-state index contributed by atoms with van der Waals surface area (Å²) in [4.78, 5) is 2.82. The minimum Gasteiger partial charge on any atom is -0.315 e. The van der Waals surface area contributed by atoms with E-state index < -0.39 is 0 Å². The quantitative estimate of drug-likeness (QED) is 0.789. The van der Waals surface area contributed by atoms with Gasteiger partial charge in [0, 0.05) is 18.6 Å². The lowest BCUT2D eigenvalue weighted by Crippen LogP contribution is -2.51. The van der Waals surface area contributed by atoms with Crippen LogP contribution in [0.1, 0.15) is 65.2 Å². The van der Waals surface area contributed by atoms with Gasteiger partial charge in [-0.3, -0.25) is 4.90 Å². The fourth-order valence-corrected chi connectivity index (χ4v) is 4.45. The molecule has 1 aliphatic carbocycles. The number of nitrogens with one attached hydrogen (secondary N) is 1. The van der Waals surface area contributed by atoms with E-state index in [9.17, 15) is 0 Å². The van der Waals surface area contributed by atoms with Gasteiger partial charge in [-0.15, -0.1) is 0 Å². The predicted molar refractivity (Wildman–Crippen MR) is 83.5 cm³/mol. The van der Waals surface area contributed by atoms with Crippen LogP contribution in [0.3, 0.4) is 0 Å². The Morgan fingerprint density at radius 2 is 1.74 bits per heavy atom. The average Bonchev–Trinajstić information content (AvgIpc) is 2.88. The molecule has 0 aromatic heterocycles. The molecule has 112 valence electrons. The lowest BCUT2D eigenvalue weighted by molar-refractivity contribution is 0.114. The number of hydrogen-bond donors (Lipinski definition) is 1. The largest absolute Gasteiger partial charge is 0.315 e. The summed E-state index contributed by atoms with van der Waals surface area (Å²) < 4.78 is 0. The zero-order chi connectivity index (χ0) is 13.7. The second kappa shape index (κ2) is 7.64. The Hall–Kier alpha value is -0.0800. The van der Waals surface area contributed by atoms with Crippen LogP contribution in [0.2, 0.25) is 0 Å².